The number of aryl methyl sites for hydroxylation is 1. The topological polar surface area (TPSA) is 25.8 Å². The molecule has 2 nitrogen and oxygen atoms in total. The predicted octanol–water partition coefficient (Wildman–Crippen LogP) is 4.74. The summed E-state index contributed by atoms with van der Waals surface area (Å²) in [4.78, 5) is 4.77. The lowest BCUT2D eigenvalue weighted by atomic mass is 9.99. The Morgan fingerprint density at radius 2 is 1.84 bits per heavy atom. The molecule has 0 amide bonds. The molecule has 19 heavy (non-hydrogen) atoms. The highest BCUT2D eigenvalue weighted by atomic mass is 79.9. The summed E-state index contributed by atoms with van der Waals surface area (Å²) in [6.45, 7) is 0. The van der Waals surface area contributed by atoms with Crippen molar-refractivity contribution in [3.63, 3.8) is 0 Å². The van der Waals surface area contributed by atoms with Crippen molar-refractivity contribution in [1.29, 1.82) is 0 Å². The third-order valence-corrected chi connectivity index (χ3v) is 4.94. The van der Waals surface area contributed by atoms with Crippen molar-refractivity contribution in [3.8, 4) is 0 Å². The molecule has 2 aromatic heterocycles. The second-order valence-corrected chi connectivity index (χ2v) is 6.13. The molecule has 1 aliphatic carbocycles. The van der Waals surface area contributed by atoms with E-state index in [2.05, 4.69) is 25.3 Å². The Morgan fingerprint density at radius 3 is 2.58 bits per heavy atom. The van der Waals surface area contributed by atoms with Crippen molar-refractivity contribution in [2.24, 2.45) is 0 Å². The van der Waals surface area contributed by atoms with E-state index < -0.39 is 11.7 Å². The summed E-state index contributed by atoms with van der Waals surface area (Å²) in [5, 5.41) is 0.123. The number of fused-ring (bicyclic) bond motifs is 2. The summed E-state index contributed by atoms with van der Waals surface area (Å²) >= 11 is 4.13. The van der Waals surface area contributed by atoms with Gasteiger partial charge in [-0.15, -0.1) is 0 Å². The van der Waals surface area contributed by atoms with Crippen molar-refractivity contribution in [3.05, 3.63) is 21.4 Å². The molecule has 0 saturated heterocycles. The highest BCUT2D eigenvalue weighted by molar-refractivity contribution is 9.10. The number of rotatable bonds is 0. The van der Waals surface area contributed by atoms with E-state index in [1.54, 1.807) is 0 Å². The van der Waals surface area contributed by atoms with Gasteiger partial charge in [0, 0.05) is 5.69 Å². The van der Waals surface area contributed by atoms with Crippen molar-refractivity contribution in [2.45, 2.75) is 38.3 Å². The van der Waals surface area contributed by atoms with Crippen LogP contribution in [0.5, 0.6) is 0 Å². The van der Waals surface area contributed by atoms with Crippen LogP contribution in [0.1, 0.15) is 36.1 Å². The number of hydrogen-bond acceptors (Lipinski definition) is 3. The van der Waals surface area contributed by atoms with Crippen LogP contribution >= 0.6 is 27.5 Å². The highest BCUT2D eigenvalue weighted by Crippen LogP contribution is 2.43. The van der Waals surface area contributed by atoms with E-state index in [1.807, 2.05) is 0 Å². The smallest absolute Gasteiger partial charge is 0.240 e. The van der Waals surface area contributed by atoms with Crippen molar-refractivity contribution in [2.75, 3.05) is 0 Å². The van der Waals surface area contributed by atoms with Crippen LogP contribution in [0.2, 0.25) is 0 Å². The molecule has 2 aromatic rings. The third-order valence-electron chi connectivity index (χ3n) is 3.39. The first kappa shape index (κ1) is 13.3. The average Bonchev–Trinajstić information content (AvgIpc) is 2.57. The second-order valence-electron chi connectivity index (χ2n) is 4.62. The minimum Gasteiger partial charge on any atom is -0.240 e. The van der Waals surface area contributed by atoms with Gasteiger partial charge in [-0.3, -0.25) is 0 Å². The number of halogens is 4. The van der Waals surface area contributed by atoms with E-state index in [0.29, 0.717) is 28.9 Å². The summed E-state index contributed by atoms with van der Waals surface area (Å²) in [5.74, 6) is 0. The average molecular weight is 351 g/mol. The standard InChI is InChI=1S/C12H10BrF3N2S/c13-10-8-9(12(14,15)16)6-4-2-1-3-5-7(6)17-11(8)19-18-10/h1-5H2. The van der Waals surface area contributed by atoms with E-state index in [4.69, 9.17) is 0 Å². The van der Waals surface area contributed by atoms with Crippen LogP contribution in [0.15, 0.2) is 4.60 Å². The van der Waals surface area contributed by atoms with Crippen molar-refractivity contribution in [1.82, 2.24) is 9.36 Å². The Kier molecular flexibility index (Phi) is 3.29. The predicted molar refractivity (Wildman–Crippen MR) is 71.4 cm³/mol. The Morgan fingerprint density at radius 1 is 1.11 bits per heavy atom. The number of nitrogens with zero attached hydrogens (tertiary/aromatic N) is 2. The monoisotopic (exact) mass is 350 g/mol. The molecular formula is C12H10BrF3N2S. The molecule has 0 saturated carbocycles. The molecule has 0 spiro atoms. The van der Waals surface area contributed by atoms with Gasteiger partial charge < -0.3 is 0 Å². The maximum absolute atomic E-state index is 13.4. The molecule has 0 unspecified atom stereocenters. The fraction of sp³-hybridized carbons (Fsp3) is 0.500. The first-order valence-corrected chi connectivity index (χ1v) is 7.59. The van der Waals surface area contributed by atoms with Gasteiger partial charge in [0.15, 0.2) is 0 Å². The lowest BCUT2D eigenvalue weighted by molar-refractivity contribution is -0.137. The van der Waals surface area contributed by atoms with E-state index in [-0.39, 0.29) is 9.99 Å². The summed E-state index contributed by atoms with van der Waals surface area (Å²) in [7, 11) is 0. The molecule has 3 rings (SSSR count). The van der Waals surface area contributed by atoms with Gasteiger partial charge in [-0.05, 0) is 58.7 Å². The Labute approximate surface area is 120 Å². The fourth-order valence-electron chi connectivity index (χ4n) is 2.59. The zero-order chi connectivity index (χ0) is 13.6. The maximum atomic E-state index is 13.4. The van der Waals surface area contributed by atoms with E-state index in [0.717, 1.165) is 30.8 Å². The normalized spacial score (nSPS) is 16.4. The largest absolute Gasteiger partial charge is 0.417 e. The maximum Gasteiger partial charge on any atom is 0.417 e. The molecule has 0 aliphatic heterocycles. The van der Waals surface area contributed by atoms with Gasteiger partial charge in [-0.2, -0.15) is 17.5 Å². The molecule has 2 heterocycles. The van der Waals surface area contributed by atoms with E-state index in [9.17, 15) is 13.2 Å². The van der Waals surface area contributed by atoms with Crippen LogP contribution in [-0.4, -0.2) is 9.36 Å². The van der Waals surface area contributed by atoms with Gasteiger partial charge >= 0.3 is 6.18 Å². The zero-order valence-corrected chi connectivity index (χ0v) is 12.3. The summed E-state index contributed by atoms with van der Waals surface area (Å²) < 4.78 is 44.5. The minimum absolute atomic E-state index is 0.123. The lowest BCUT2D eigenvalue weighted by Gasteiger charge is -2.16. The number of pyridine rings is 1. The van der Waals surface area contributed by atoms with Gasteiger partial charge in [0.25, 0.3) is 0 Å². The van der Waals surface area contributed by atoms with Gasteiger partial charge in [-0.1, -0.05) is 6.42 Å². The first-order valence-electron chi connectivity index (χ1n) is 6.02. The minimum atomic E-state index is -4.36. The molecule has 0 fully saturated rings. The second kappa shape index (κ2) is 4.70. The molecule has 0 bridgehead atoms. The molecule has 0 radical (unpaired) electrons. The van der Waals surface area contributed by atoms with Crippen LogP contribution in [0.4, 0.5) is 13.2 Å². The molecule has 0 N–H and O–H groups in total. The Balaban J connectivity index is 2.38. The van der Waals surface area contributed by atoms with Crippen molar-refractivity contribution >= 4 is 37.7 Å². The highest BCUT2D eigenvalue weighted by Gasteiger charge is 2.38. The molecule has 7 heteroatoms. The Hall–Kier alpha value is -0.690. The van der Waals surface area contributed by atoms with Gasteiger partial charge in [0.1, 0.15) is 9.43 Å². The van der Waals surface area contributed by atoms with E-state index in [1.165, 1.54) is 0 Å². The van der Waals surface area contributed by atoms with Gasteiger partial charge in [0.05, 0.1) is 10.9 Å². The van der Waals surface area contributed by atoms with Crippen LogP contribution in [0.25, 0.3) is 10.2 Å². The molecule has 0 atom stereocenters. The molecule has 102 valence electrons. The van der Waals surface area contributed by atoms with Crippen molar-refractivity contribution < 1.29 is 13.2 Å². The zero-order valence-electron chi connectivity index (χ0n) is 9.85. The molecule has 1 aliphatic rings. The first-order chi connectivity index (χ1) is 8.98. The third kappa shape index (κ3) is 2.27. The number of hydrogen-bond donors (Lipinski definition) is 0. The lowest BCUT2D eigenvalue weighted by Crippen LogP contribution is -2.13. The number of aromatic nitrogens is 2. The van der Waals surface area contributed by atoms with Crippen LogP contribution in [-0.2, 0) is 19.0 Å². The van der Waals surface area contributed by atoms with Gasteiger partial charge in [-0.25, -0.2) is 4.98 Å². The van der Waals surface area contributed by atoms with Crippen LogP contribution in [0.3, 0.4) is 0 Å². The summed E-state index contributed by atoms with van der Waals surface area (Å²) in [6.07, 6.45) is -0.623. The summed E-state index contributed by atoms with van der Waals surface area (Å²) in [6, 6.07) is 0. The fourth-order valence-corrected chi connectivity index (χ4v) is 4.03. The Bertz CT molecular complexity index is 636. The number of alkyl halides is 3. The molecule has 0 aromatic carbocycles. The molecular weight excluding hydrogens is 341 g/mol. The van der Waals surface area contributed by atoms with E-state index >= 15 is 0 Å². The van der Waals surface area contributed by atoms with Gasteiger partial charge in [0.2, 0.25) is 0 Å². The quantitative estimate of drug-likeness (QED) is 0.641. The van der Waals surface area contributed by atoms with Crippen LogP contribution in [0, 0.1) is 0 Å². The SMILES string of the molecule is FC(F)(F)c1c2c(nc3snc(Br)c13)CCCCC2. The van der Waals surface area contributed by atoms with Crippen LogP contribution < -0.4 is 0 Å². The summed E-state index contributed by atoms with van der Waals surface area (Å²) in [5.41, 5.74) is 0.446.